The van der Waals surface area contributed by atoms with Gasteiger partial charge in [0, 0.05) is 25.6 Å². The molecule has 0 aliphatic carbocycles. The average molecular weight is 293 g/mol. The molecule has 0 radical (unpaired) electrons. The molecule has 1 amide bonds. The highest BCUT2D eigenvalue weighted by Crippen LogP contribution is 2.18. The Bertz CT molecular complexity index is 643. The quantitative estimate of drug-likeness (QED) is 0.788. The molecule has 2 aromatic carbocycles. The third kappa shape index (κ3) is 3.62. The summed E-state index contributed by atoms with van der Waals surface area (Å²) in [7, 11) is 0. The third-order valence-electron chi connectivity index (χ3n) is 3.14. The van der Waals surface area contributed by atoms with Crippen LogP contribution in [-0.4, -0.2) is 10.8 Å². The summed E-state index contributed by atoms with van der Waals surface area (Å²) in [5, 5.41) is 0. The van der Waals surface area contributed by atoms with Crippen molar-refractivity contribution in [3.63, 3.8) is 0 Å². The van der Waals surface area contributed by atoms with E-state index < -0.39 is 17.5 Å². The smallest absolute Gasteiger partial charge is 0.220 e. The van der Waals surface area contributed by atoms with Gasteiger partial charge in [0.05, 0.1) is 0 Å². The van der Waals surface area contributed by atoms with Crippen LogP contribution in [-0.2, 0) is 17.9 Å². The first-order valence-corrected chi connectivity index (χ1v) is 6.41. The van der Waals surface area contributed by atoms with Gasteiger partial charge < -0.3 is 4.90 Å². The fourth-order valence-electron chi connectivity index (χ4n) is 1.98. The van der Waals surface area contributed by atoms with Crippen LogP contribution in [0.5, 0.6) is 0 Å². The Labute approximate surface area is 120 Å². The van der Waals surface area contributed by atoms with Crippen molar-refractivity contribution in [3.05, 3.63) is 71.0 Å². The van der Waals surface area contributed by atoms with Crippen LogP contribution in [0.15, 0.2) is 42.5 Å². The molecule has 0 aliphatic heterocycles. The average Bonchev–Trinajstić information content (AvgIpc) is 2.48. The molecular weight excluding hydrogens is 279 g/mol. The monoisotopic (exact) mass is 293 g/mol. The summed E-state index contributed by atoms with van der Waals surface area (Å²) >= 11 is 0. The lowest BCUT2D eigenvalue weighted by Gasteiger charge is -2.21. The Kier molecular flexibility index (Phi) is 4.62. The number of benzene rings is 2. The minimum atomic E-state index is -1.52. The molecule has 0 saturated carbocycles. The predicted molar refractivity (Wildman–Crippen MR) is 72.7 cm³/mol. The number of carbonyl (C=O) groups is 1. The van der Waals surface area contributed by atoms with Crippen molar-refractivity contribution in [2.45, 2.75) is 20.0 Å². The standard InChI is InChI=1S/C16H14F3NO/c1-11(21)20(9-12-5-3-2-4-6-12)10-13-7-8-14(17)16(19)15(13)18/h2-8H,9-10H2,1H3. The minimum Gasteiger partial charge on any atom is -0.334 e. The van der Waals surface area contributed by atoms with Crippen LogP contribution in [0.3, 0.4) is 0 Å². The van der Waals surface area contributed by atoms with Crippen LogP contribution in [0.4, 0.5) is 13.2 Å². The summed E-state index contributed by atoms with van der Waals surface area (Å²) in [5.74, 6) is -4.29. The molecule has 0 unspecified atom stereocenters. The molecule has 0 aromatic heterocycles. The molecule has 0 spiro atoms. The number of hydrogen-bond donors (Lipinski definition) is 0. The van der Waals surface area contributed by atoms with Crippen LogP contribution < -0.4 is 0 Å². The molecule has 5 heteroatoms. The molecule has 0 bridgehead atoms. The Balaban J connectivity index is 2.21. The normalized spacial score (nSPS) is 10.5. The highest BCUT2D eigenvalue weighted by Gasteiger charge is 2.17. The maximum Gasteiger partial charge on any atom is 0.220 e. The van der Waals surface area contributed by atoms with Gasteiger partial charge in [0.2, 0.25) is 5.91 Å². The molecule has 110 valence electrons. The molecule has 0 aliphatic rings. The molecule has 2 rings (SSSR count). The van der Waals surface area contributed by atoms with Gasteiger partial charge in [-0.3, -0.25) is 4.79 Å². The van der Waals surface area contributed by atoms with Crippen molar-refractivity contribution in [1.82, 2.24) is 4.90 Å². The van der Waals surface area contributed by atoms with Gasteiger partial charge in [-0.25, -0.2) is 13.2 Å². The second-order valence-corrected chi connectivity index (χ2v) is 4.70. The SMILES string of the molecule is CC(=O)N(Cc1ccccc1)Cc1ccc(F)c(F)c1F. The summed E-state index contributed by atoms with van der Waals surface area (Å²) < 4.78 is 39.8. The van der Waals surface area contributed by atoms with Crippen LogP contribution >= 0.6 is 0 Å². The maximum absolute atomic E-state index is 13.7. The van der Waals surface area contributed by atoms with E-state index >= 15 is 0 Å². The van der Waals surface area contributed by atoms with Gasteiger partial charge in [-0.05, 0) is 11.6 Å². The zero-order valence-electron chi connectivity index (χ0n) is 11.4. The van der Waals surface area contributed by atoms with Crippen LogP contribution in [0, 0.1) is 17.5 Å². The second-order valence-electron chi connectivity index (χ2n) is 4.70. The van der Waals surface area contributed by atoms with E-state index in [2.05, 4.69) is 0 Å². The van der Waals surface area contributed by atoms with E-state index in [0.29, 0.717) is 0 Å². The third-order valence-corrected chi connectivity index (χ3v) is 3.14. The molecule has 0 saturated heterocycles. The predicted octanol–water partition coefficient (Wildman–Crippen LogP) is 3.65. The lowest BCUT2D eigenvalue weighted by molar-refractivity contribution is -0.130. The number of carbonyl (C=O) groups excluding carboxylic acids is 1. The van der Waals surface area contributed by atoms with Crippen molar-refractivity contribution in [3.8, 4) is 0 Å². The molecular formula is C16H14F3NO. The summed E-state index contributed by atoms with van der Waals surface area (Å²) in [5.41, 5.74) is 0.815. The van der Waals surface area contributed by atoms with E-state index in [0.717, 1.165) is 17.7 Å². The summed E-state index contributed by atoms with van der Waals surface area (Å²) in [6.45, 7) is 1.50. The van der Waals surface area contributed by atoms with Crippen molar-refractivity contribution < 1.29 is 18.0 Å². The zero-order chi connectivity index (χ0) is 15.4. The maximum atomic E-state index is 13.7. The first-order valence-electron chi connectivity index (χ1n) is 6.41. The van der Waals surface area contributed by atoms with Gasteiger partial charge in [0.1, 0.15) is 0 Å². The summed E-state index contributed by atoms with van der Waals surface area (Å²) in [6.07, 6.45) is 0. The number of amides is 1. The van der Waals surface area contributed by atoms with Crippen LogP contribution in [0.2, 0.25) is 0 Å². The molecule has 0 heterocycles. The fraction of sp³-hybridized carbons (Fsp3) is 0.188. The van der Waals surface area contributed by atoms with E-state index in [4.69, 9.17) is 0 Å². The first kappa shape index (κ1) is 15.1. The van der Waals surface area contributed by atoms with Gasteiger partial charge in [-0.15, -0.1) is 0 Å². The Hall–Kier alpha value is -2.30. The largest absolute Gasteiger partial charge is 0.334 e. The summed E-state index contributed by atoms with van der Waals surface area (Å²) in [6, 6.07) is 11.2. The Morgan fingerprint density at radius 2 is 1.62 bits per heavy atom. The number of nitrogens with zero attached hydrogens (tertiary/aromatic N) is 1. The highest BCUT2D eigenvalue weighted by molar-refractivity contribution is 5.73. The van der Waals surface area contributed by atoms with Gasteiger partial charge in [0.15, 0.2) is 17.5 Å². The van der Waals surface area contributed by atoms with E-state index in [1.165, 1.54) is 11.8 Å². The van der Waals surface area contributed by atoms with E-state index in [-0.39, 0.29) is 24.6 Å². The van der Waals surface area contributed by atoms with E-state index in [1.807, 2.05) is 30.3 Å². The van der Waals surface area contributed by atoms with Gasteiger partial charge >= 0.3 is 0 Å². The van der Waals surface area contributed by atoms with Gasteiger partial charge in [-0.2, -0.15) is 0 Å². The van der Waals surface area contributed by atoms with Crippen molar-refractivity contribution in [2.24, 2.45) is 0 Å². The van der Waals surface area contributed by atoms with E-state index in [9.17, 15) is 18.0 Å². The first-order chi connectivity index (χ1) is 9.99. The number of hydrogen-bond acceptors (Lipinski definition) is 1. The Morgan fingerprint density at radius 1 is 0.952 bits per heavy atom. The Morgan fingerprint density at radius 3 is 2.24 bits per heavy atom. The molecule has 0 N–H and O–H groups in total. The van der Waals surface area contributed by atoms with E-state index in [1.54, 1.807) is 0 Å². The van der Waals surface area contributed by atoms with Crippen molar-refractivity contribution in [2.75, 3.05) is 0 Å². The van der Waals surface area contributed by atoms with Gasteiger partial charge in [-0.1, -0.05) is 36.4 Å². The molecule has 2 nitrogen and oxygen atoms in total. The van der Waals surface area contributed by atoms with Crippen molar-refractivity contribution in [1.29, 1.82) is 0 Å². The summed E-state index contributed by atoms with van der Waals surface area (Å²) in [4.78, 5) is 13.0. The lowest BCUT2D eigenvalue weighted by Crippen LogP contribution is -2.28. The molecule has 2 aromatic rings. The number of rotatable bonds is 4. The van der Waals surface area contributed by atoms with Crippen LogP contribution in [0.1, 0.15) is 18.1 Å². The molecule has 0 atom stereocenters. The molecule has 0 fully saturated rings. The number of halogens is 3. The highest BCUT2D eigenvalue weighted by atomic mass is 19.2. The lowest BCUT2D eigenvalue weighted by atomic mass is 10.1. The topological polar surface area (TPSA) is 20.3 Å². The minimum absolute atomic E-state index is 0.0555. The second kappa shape index (κ2) is 6.43. The van der Waals surface area contributed by atoms with Crippen molar-refractivity contribution >= 4 is 5.91 Å². The van der Waals surface area contributed by atoms with Gasteiger partial charge in [0.25, 0.3) is 0 Å². The molecule has 21 heavy (non-hydrogen) atoms. The fourth-order valence-corrected chi connectivity index (χ4v) is 1.98. The van der Waals surface area contributed by atoms with Crippen LogP contribution in [0.25, 0.3) is 0 Å². The zero-order valence-corrected chi connectivity index (χ0v) is 11.4.